The molecule has 25 heavy (non-hydrogen) atoms. The van der Waals surface area contributed by atoms with E-state index in [1.807, 2.05) is 0 Å². The van der Waals surface area contributed by atoms with Crippen LogP contribution in [0.15, 0.2) is 30.3 Å². The third-order valence-corrected chi connectivity index (χ3v) is 6.30. The predicted molar refractivity (Wildman–Crippen MR) is 98.1 cm³/mol. The van der Waals surface area contributed by atoms with E-state index in [1.165, 1.54) is 31.4 Å². The minimum absolute atomic E-state index is 0.267. The monoisotopic (exact) mass is 342 g/mol. The van der Waals surface area contributed by atoms with E-state index in [-0.39, 0.29) is 5.41 Å². The maximum absolute atomic E-state index is 12.9. The molecule has 0 unspecified atom stereocenters. The van der Waals surface area contributed by atoms with Crippen molar-refractivity contribution in [2.45, 2.75) is 39.2 Å². The zero-order valence-corrected chi connectivity index (χ0v) is 15.4. The molecule has 1 aromatic carbocycles. The number of nitrogens with zero attached hydrogens (tertiary/aromatic N) is 2. The molecule has 4 rings (SSSR count). The van der Waals surface area contributed by atoms with Crippen LogP contribution < -0.4 is 0 Å². The van der Waals surface area contributed by atoms with E-state index in [2.05, 4.69) is 47.1 Å². The Balaban J connectivity index is 1.42. The topological polar surface area (TPSA) is 32.8 Å². The third kappa shape index (κ3) is 3.47. The lowest BCUT2D eigenvalue weighted by Gasteiger charge is -2.50. The van der Waals surface area contributed by atoms with E-state index in [9.17, 15) is 4.79 Å². The van der Waals surface area contributed by atoms with Crippen molar-refractivity contribution in [1.82, 2.24) is 9.80 Å². The summed E-state index contributed by atoms with van der Waals surface area (Å²) in [6, 6.07) is 10.8. The molecule has 3 heterocycles. The van der Waals surface area contributed by atoms with Crippen LogP contribution in [0, 0.1) is 10.8 Å². The molecule has 0 saturated carbocycles. The molecule has 4 nitrogen and oxygen atoms in total. The first-order valence-corrected chi connectivity index (χ1v) is 9.72. The Morgan fingerprint density at radius 2 is 1.80 bits per heavy atom. The highest BCUT2D eigenvalue weighted by molar-refractivity contribution is 5.83. The second-order valence-electron chi connectivity index (χ2n) is 8.68. The summed E-state index contributed by atoms with van der Waals surface area (Å²) in [6.07, 6.45) is 4.90. The van der Waals surface area contributed by atoms with Gasteiger partial charge in [0.15, 0.2) is 0 Å². The summed E-state index contributed by atoms with van der Waals surface area (Å²) in [5.41, 5.74) is 1.42. The van der Waals surface area contributed by atoms with Crippen LogP contribution in [0.2, 0.25) is 0 Å². The van der Waals surface area contributed by atoms with Gasteiger partial charge in [-0.3, -0.25) is 9.69 Å². The van der Waals surface area contributed by atoms with E-state index >= 15 is 0 Å². The van der Waals surface area contributed by atoms with E-state index < -0.39 is 0 Å². The molecule has 3 aliphatic rings. The number of ether oxygens (including phenoxy) is 1. The van der Waals surface area contributed by atoms with Crippen molar-refractivity contribution in [3.8, 4) is 0 Å². The van der Waals surface area contributed by atoms with Gasteiger partial charge in [0.05, 0.1) is 18.6 Å². The van der Waals surface area contributed by atoms with Gasteiger partial charge >= 0.3 is 0 Å². The molecule has 4 heteroatoms. The number of hydrogen-bond donors (Lipinski definition) is 0. The molecule has 3 saturated heterocycles. The molecule has 1 spiro atoms. The molecule has 1 amide bonds. The summed E-state index contributed by atoms with van der Waals surface area (Å²) in [5, 5.41) is 0. The lowest BCUT2D eigenvalue weighted by atomic mass is 9.73. The molecule has 0 bridgehead atoms. The summed E-state index contributed by atoms with van der Waals surface area (Å²) >= 11 is 0. The molecule has 0 aliphatic carbocycles. The minimum atomic E-state index is -0.267. The Morgan fingerprint density at radius 1 is 1.08 bits per heavy atom. The molecule has 0 aromatic heterocycles. The van der Waals surface area contributed by atoms with Crippen molar-refractivity contribution in [3.63, 3.8) is 0 Å². The summed E-state index contributed by atoms with van der Waals surface area (Å²) < 4.78 is 5.31. The quantitative estimate of drug-likeness (QED) is 0.847. The van der Waals surface area contributed by atoms with E-state index in [4.69, 9.17) is 4.74 Å². The van der Waals surface area contributed by atoms with Gasteiger partial charge in [-0.15, -0.1) is 0 Å². The van der Waals surface area contributed by atoms with Crippen molar-refractivity contribution < 1.29 is 9.53 Å². The van der Waals surface area contributed by atoms with Crippen LogP contribution in [-0.2, 0) is 16.1 Å². The first kappa shape index (κ1) is 17.0. The number of benzene rings is 1. The number of piperidine rings is 2. The highest BCUT2D eigenvalue weighted by Crippen LogP contribution is 2.40. The average molecular weight is 342 g/mol. The molecule has 136 valence electrons. The number of likely N-dealkylation sites (tertiary alicyclic amines) is 2. The first-order chi connectivity index (χ1) is 12.1. The van der Waals surface area contributed by atoms with Crippen LogP contribution in [0.3, 0.4) is 0 Å². The van der Waals surface area contributed by atoms with E-state index in [0.29, 0.717) is 24.5 Å². The summed E-state index contributed by atoms with van der Waals surface area (Å²) in [5.74, 6) is 0.318. The van der Waals surface area contributed by atoms with Crippen LogP contribution in [0.25, 0.3) is 0 Å². The van der Waals surface area contributed by atoms with Crippen molar-refractivity contribution in [2.24, 2.45) is 10.8 Å². The Morgan fingerprint density at radius 3 is 2.48 bits per heavy atom. The fourth-order valence-electron chi connectivity index (χ4n) is 4.91. The number of carbonyl (C=O) groups excluding carboxylic acids is 1. The van der Waals surface area contributed by atoms with Gasteiger partial charge in [0.2, 0.25) is 5.91 Å². The van der Waals surface area contributed by atoms with Crippen molar-refractivity contribution in [1.29, 1.82) is 0 Å². The number of carbonyl (C=O) groups is 1. The van der Waals surface area contributed by atoms with Crippen LogP contribution in [0.1, 0.15) is 38.2 Å². The van der Waals surface area contributed by atoms with Gasteiger partial charge in [-0.05, 0) is 44.7 Å². The number of rotatable bonds is 3. The van der Waals surface area contributed by atoms with Gasteiger partial charge in [0.1, 0.15) is 0 Å². The zero-order valence-electron chi connectivity index (χ0n) is 15.4. The molecule has 1 atom stereocenters. The van der Waals surface area contributed by atoms with Gasteiger partial charge in [-0.25, -0.2) is 0 Å². The van der Waals surface area contributed by atoms with Gasteiger partial charge in [0, 0.05) is 31.6 Å². The maximum atomic E-state index is 12.9. The fraction of sp³-hybridized carbons (Fsp3) is 0.667. The highest BCUT2D eigenvalue weighted by Gasteiger charge is 2.47. The summed E-state index contributed by atoms with van der Waals surface area (Å²) in [7, 11) is 0. The number of hydrogen-bond acceptors (Lipinski definition) is 3. The fourth-order valence-corrected chi connectivity index (χ4v) is 4.91. The lowest BCUT2D eigenvalue weighted by molar-refractivity contribution is -0.172. The summed E-state index contributed by atoms with van der Waals surface area (Å²) in [6.45, 7) is 8.44. The van der Waals surface area contributed by atoms with Gasteiger partial charge in [-0.2, -0.15) is 0 Å². The average Bonchev–Trinajstić information content (AvgIpc) is 2.60. The molecule has 0 N–H and O–H groups in total. The Hall–Kier alpha value is -1.39. The first-order valence-electron chi connectivity index (χ1n) is 9.72. The molecule has 3 fully saturated rings. The van der Waals surface area contributed by atoms with Crippen LogP contribution in [0.4, 0.5) is 0 Å². The Kier molecular flexibility index (Phi) is 4.59. The predicted octanol–water partition coefficient (Wildman–Crippen LogP) is 2.93. The second-order valence-corrected chi connectivity index (χ2v) is 8.68. The summed E-state index contributed by atoms with van der Waals surface area (Å²) in [4.78, 5) is 17.7. The van der Waals surface area contributed by atoms with Crippen molar-refractivity contribution in [2.75, 3.05) is 39.4 Å². The Bertz CT molecular complexity index is 610. The smallest absolute Gasteiger partial charge is 0.233 e. The Labute approximate surface area is 151 Å². The minimum Gasteiger partial charge on any atom is -0.379 e. The maximum Gasteiger partial charge on any atom is 0.233 e. The zero-order chi connectivity index (χ0) is 17.3. The molecule has 1 aromatic rings. The molecule has 3 aliphatic heterocycles. The van der Waals surface area contributed by atoms with E-state index in [1.54, 1.807) is 0 Å². The molecular weight excluding hydrogens is 312 g/mol. The second kappa shape index (κ2) is 6.73. The third-order valence-electron chi connectivity index (χ3n) is 6.30. The number of amides is 1. The highest BCUT2D eigenvalue weighted by atomic mass is 16.5. The largest absolute Gasteiger partial charge is 0.379 e. The van der Waals surface area contributed by atoms with Crippen LogP contribution >= 0.6 is 0 Å². The normalized spacial score (nSPS) is 29.4. The SMILES string of the molecule is CC1(C(=O)N2CCC[C@]3(CCCN(Cc4ccccc4)C3)C2)COC1. The molecule has 0 radical (unpaired) electrons. The van der Waals surface area contributed by atoms with Crippen molar-refractivity contribution >= 4 is 5.91 Å². The van der Waals surface area contributed by atoms with Crippen LogP contribution in [0.5, 0.6) is 0 Å². The standard InChI is InChI=1S/C21H30N2O2/c1-20(16-25-17-20)19(24)23-12-6-10-21(15-23)9-5-11-22(14-21)13-18-7-3-2-4-8-18/h2-4,7-8H,5-6,9-17H2,1H3/t21-/m0/s1. The lowest BCUT2D eigenvalue weighted by Crippen LogP contribution is -2.59. The van der Waals surface area contributed by atoms with Gasteiger partial charge in [0.25, 0.3) is 0 Å². The van der Waals surface area contributed by atoms with Crippen LogP contribution in [-0.4, -0.2) is 55.1 Å². The van der Waals surface area contributed by atoms with Gasteiger partial charge < -0.3 is 9.64 Å². The van der Waals surface area contributed by atoms with E-state index in [0.717, 1.165) is 32.6 Å². The molecular formula is C21H30N2O2. The van der Waals surface area contributed by atoms with Crippen molar-refractivity contribution in [3.05, 3.63) is 35.9 Å². The van der Waals surface area contributed by atoms with Gasteiger partial charge in [-0.1, -0.05) is 30.3 Å².